The molecule has 1 heteroatoms. The number of allylic oxidation sites excluding steroid dienone is 1. The average molecular weight is 246 g/mol. The fourth-order valence-electron chi connectivity index (χ4n) is 3.62. The summed E-state index contributed by atoms with van der Waals surface area (Å²) >= 11 is 0. The smallest absolute Gasteiger partial charge is 0.170 e. The van der Waals surface area contributed by atoms with E-state index in [9.17, 15) is 4.79 Å². The fraction of sp³-hybridized carbons (Fsp3) is 0.167. The number of rotatable bonds is 0. The van der Waals surface area contributed by atoms with E-state index in [0.29, 0.717) is 0 Å². The van der Waals surface area contributed by atoms with E-state index in [1.807, 2.05) is 24.3 Å². The van der Waals surface area contributed by atoms with Gasteiger partial charge in [0.05, 0.1) is 5.41 Å². The Morgan fingerprint density at radius 2 is 1.58 bits per heavy atom. The van der Waals surface area contributed by atoms with Crippen LogP contribution in [0.3, 0.4) is 0 Å². The summed E-state index contributed by atoms with van der Waals surface area (Å²) < 4.78 is 0. The number of hydrogen-bond donors (Lipinski definition) is 0. The zero-order chi connectivity index (χ0) is 12.9. The maximum absolute atomic E-state index is 12.7. The lowest BCUT2D eigenvalue weighted by molar-refractivity contribution is -0.118. The molecule has 4 rings (SSSR count). The van der Waals surface area contributed by atoms with Crippen molar-refractivity contribution >= 4 is 11.9 Å². The van der Waals surface area contributed by atoms with E-state index in [4.69, 9.17) is 0 Å². The zero-order valence-electron chi connectivity index (χ0n) is 10.6. The van der Waals surface area contributed by atoms with Gasteiger partial charge in [-0.05, 0) is 41.2 Å². The number of carbonyl (C=O) groups excluding carboxylic acids is 1. The summed E-state index contributed by atoms with van der Waals surface area (Å²) in [6.45, 7) is 0. The molecule has 0 N–H and O–H groups in total. The van der Waals surface area contributed by atoms with Crippen molar-refractivity contribution < 1.29 is 4.79 Å². The molecule has 0 fully saturated rings. The van der Waals surface area contributed by atoms with Crippen molar-refractivity contribution in [3.63, 3.8) is 0 Å². The number of hydrogen-bond acceptors (Lipinski definition) is 1. The third-order valence-electron chi connectivity index (χ3n) is 4.50. The Morgan fingerprint density at radius 1 is 0.842 bits per heavy atom. The first kappa shape index (κ1) is 10.7. The first-order valence-electron chi connectivity index (χ1n) is 6.73. The van der Waals surface area contributed by atoms with E-state index < -0.39 is 5.41 Å². The molecule has 1 spiro atoms. The largest absolute Gasteiger partial charge is 0.293 e. The normalized spacial score (nSPS) is 23.5. The van der Waals surface area contributed by atoms with Gasteiger partial charge in [-0.1, -0.05) is 54.6 Å². The molecular formula is C18H14O. The molecule has 0 bridgehead atoms. The summed E-state index contributed by atoms with van der Waals surface area (Å²) in [4.78, 5) is 12.7. The molecule has 2 aliphatic carbocycles. The molecule has 0 aromatic heterocycles. The molecule has 0 radical (unpaired) electrons. The maximum atomic E-state index is 12.7. The number of ketones is 1. The molecule has 0 amide bonds. The molecule has 92 valence electrons. The Bertz CT molecular complexity index is 711. The predicted octanol–water partition coefficient (Wildman–Crippen LogP) is 3.51. The highest BCUT2D eigenvalue weighted by atomic mass is 16.1. The van der Waals surface area contributed by atoms with Crippen LogP contribution in [0.5, 0.6) is 0 Å². The summed E-state index contributed by atoms with van der Waals surface area (Å²) in [5.74, 6) is 0.233. The molecular weight excluding hydrogens is 232 g/mol. The van der Waals surface area contributed by atoms with Gasteiger partial charge in [-0.15, -0.1) is 0 Å². The molecule has 0 aliphatic heterocycles. The van der Waals surface area contributed by atoms with Crippen LogP contribution >= 0.6 is 0 Å². The van der Waals surface area contributed by atoms with Crippen LogP contribution in [-0.2, 0) is 16.6 Å². The summed E-state index contributed by atoms with van der Waals surface area (Å²) in [5.41, 5.74) is 4.45. The highest BCUT2D eigenvalue weighted by molar-refractivity contribution is 6.08. The average Bonchev–Trinajstić information content (AvgIpc) is 2.85. The Hall–Kier alpha value is -2.15. The van der Waals surface area contributed by atoms with Crippen molar-refractivity contribution in [1.29, 1.82) is 0 Å². The van der Waals surface area contributed by atoms with E-state index in [-0.39, 0.29) is 5.78 Å². The SMILES string of the molecule is O=C1C=Cc2ccccc2C12CCc1ccccc12. The van der Waals surface area contributed by atoms with Gasteiger partial charge in [0.25, 0.3) is 0 Å². The Balaban J connectivity index is 2.06. The van der Waals surface area contributed by atoms with Crippen LogP contribution < -0.4 is 0 Å². The summed E-state index contributed by atoms with van der Waals surface area (Å²) in [6.07, 6.45) is 5.59. The van der Waals surface area contributed by atoms with E-state index in [0.717, 1.165) is 12.8 Å². The van der Waals surface area contributed by atoms with Gasteiger partial charge in [0.2, 0.25) is 0 Å². The topological polar surface area (TPSA) is 17.1 Å². The van der Waals surface area contributed by atoms with Gasteiger partial charge in [0, 0.05) is 0 Å². The maximum Gasteiger partial charge on any atom is 0.170 e. The van der Waals surface area contributed by atoms with Crippen LogP contribution in [-0.4, -0.2) is 5.78 Å². The third kappa shape index (κ3) is 1.27. The number of benzene rings is 2. The Morgan fingerprint density at radius 3 is 2.47 bits per heavy atom. The summed E-state index contributed by atoms with van der Waals surface area (Å²) in [6, 6.07) is 16.7. The van der Waals surface area contributed by atoms with Crippen molar-refractivity contribution in [3.05, 3.63) is 76.9 Å². The van der Waals surface area contributed by atoms with Crippen LogP contribution in [0, 0.1) is 0 Å². The molecule has 0 saturated carbocycles. The van der Waals surface area contributed by atoms with Gasteiger partial charge in [0.1, 0.15) is 0 Å². The van der Waals surface area contributed by atoms with Crippen LogP contribution in [0.25, 0.3) is 6.08 Å². The van der Waals surface area contributed by atoms with Crippen LogP contribution in [0.2, 0.25) is 0 Å². The second-order valence-corrected chi connectivity index (χ2v) is 5.35. The van der Waals surface area contributed by atoms with Gasteiger partial charge in [-0.2, -0.15) is 0 Å². The van der Waals surface area contributed by atoms with E-state index in [1.165, 1.54) is 22.3 Å². The minimum absolute atomic E-state index is 0.233. The molecule has 1 unspecified atom stereocenters. The monoisotopic (exact) mass is 246 g/mol. The van der Waals surface area contributed by atoms with Gasteiger partial charge in [-0.3, -0.25) is 4.79 Å². The van der Waals surface area contributed by atoms with Crippen molar-refractivity contribution in [2.24, 2.45) is 0 Å². The van der Waals surface area contributed by atoms with Crippen molar-refractivity contribution in [3.8, 4) is 0 Å². The summed E-state index contributed by atoms with van der Waals surface area (Å²) in [7, 11) is 0. The lowest BCUT2D eigenvalue weighted by Gasteiger charge is -2.32. The highest BCUT2D eigenvalue weighted by Crippen LogP contribution is 2.48. The lowest BCUT2D eigenvalue weighted by atomic mass is 9.68. The number of carbonyl (C=O) groups is 1. The minimum atomic E-state index is -0.429. The first-order valence-corrected chi connectivity index (χ1v) is 6.73. The molecule has 2 aliphatic rings. The zero-order valence-corrected chi connectivity index (χ0v) is 10.6. The molecule has 2 aromatic rings. The van der Waals surface area contributed by atoms with Gasteiger partial charge >= 0.3 is 0 Å². The minimum Gasteiger partial charge on any atom is -0.293 e. The molecule has 1 nitrogen and oxygen atoms in total. The van der Waals surface area contributed by atoms with Gasteiger partial charge in [0.15, 0.2) is 5.78 Å². The van der Waals surface area contributed by atoms with Crippen LogP contribution in [0.15, 0.2) is 54.6 Å². The van der Waals surface area contributed by atoms with Crippen molar-refractivity contribution in [2.75, 3.05) is 0 Å². The van der Waals surface area contributed by atoms with Crippen LogP contribution in [0.1, 0.15) is 28.7 Å². The van der Waals surface area contributed by atoms with Crippen LogP contribution in [0.4, 0.5) is 0 Å². The predicted molar refractivity (Wildman–Crippen MR) is 76.0 cm³/mol. The lowest BCUT2D eigenvalue weighted by Crippen LogP contribution is -2.36. The quantitative estimate of drug-likeness (QED) is 0.695. The molecule has 0 saturated heterocycles. The van der Waals surface area contributed by atoms with Crippen molar-refractivity contribution in [2.45, 2.75) is 18.3 Å². The molecule has 0 heterocycles. The second kappa shape index (κ2) is 3.67. The van der Waals surface area contributed by atoms with E-state index in [2.05, 4.69) is 30.3 Å². The highest BCUT2D eigenvalue weighted by Gasteiger charge is 2.47. The molecule has 2 aromatic carbocycles. The standard InChI is InChI=1S/C18H14O/c19-17-10-9-13-5-1-3-7-15(13)18(17)12-11-14-6-2-4-8-16(14)18/h1-10H,11-12H2. The molecule has 1 atom stereocenters. The summed E-state index contributed by atoms with van der Waals surface area (Å²) in [5, 5.41) is 0. The first-order chi connectivity index (χ1) is 9.32. The van der Waals surface area contributed by atoms with E-state index in [1.54, 1.807) is 6.08 Å². The Kier molecular flexibility index (Phi) is 2.08. The Labute approximate surface area is 112 Å². The fourth-order valence-corrected chi connectivity index (χ4v) is 3.62. The number of aryl methyl sites for hydroxylation is 1. The van der Waals surface area contributed by atoms with Gasteiger partial charge < -0.3 is 0 Å². The van der Waals surface area contributed by atoms with E-state index >= 15 is 0 Å². The van der Waals surface area contributed by atoms with Gasteiger partial charge in [-0.25, -0.2) is 0 Å². The second-order valence-electron chi connectivity index (χ2n) is 5.35. The molecule has 19 heavy (non-hydrogen) atoms. The third-order valence-corrected chi connectivity index (χ3v) is 4.50. The van der Waals surface area contributed by atoms with Crippen molar-refractivity contribution in [1.82, 2.24) is 0 Å². The number of fused-ring (bicyclic) bond motifs is 4.